The second kappa shape index (κ2) is 9.90. The number of carbonyl (C=O) groups excluding carboxylic acids is 2. The van der Waals surface area contributed by atoms with Gasteiger partial charge in [-0.2, -0.15) is 0 Å². The first kappa shape index (κ1) is 20.7. The molecular weight excluding hydrogens is 352 g/mol. The van der Waals surface area contributed by atoms with Gasteiger partial charge in [0, 0.05) is 39.3 Å². The molecule has 1 aromatic carbocycles. The van der Waals surface area contributed by atoms with E-state index in [-0.39, 0.29) is 11.8 Å². The van der Waals surface area contributed by atoms with Crippen LogP contribution in [0.5, 0.6) is 0 Å². The largest absolute Gasteiger partial charge is 0.342 e. The van der Waals surface area contributed by atoms with Gasteiger partial charge in [-0.25, -0.2) is 0 Å². The van der Waals surface area contributed by atoms with Crippen molar-refractivity contribution in [3.8, 4) is 0 Å². The second-order valence-electron chi connectivity index (χ2n) is 6.65. The van der Waals surface area contributed by atoms with Crippen molar-refractivity contribution in [2.45, 2.75) is 20.8 Å². The van der Waals surface area contributed by atoms with E-state index >= 15 is 0 Å². The number of anilines is 1. The smallest absolute Gasteiger partial charge is 0.238 e. The summed E-state index contributed by atoms with van der Waals surface area (Å²) < 4.78 is 0. The van der Waals surface area contributed by atoms with Crippen LogP contribution in [0, 0.1) is 6.92 Å². The summed E-state index contributed by atoms with van der Waals surface area (Å²) >= 11 is 6.16. The molecule has 1 aliphatic heterocycles. The Hall–Kier alpha value is -1.63. The lowest BCUT2D eigenvalue weighted by atomic mass is 10.2. The van der Waals surface area contributed by atoms with Gasteiger partial charge in [0.2, 0.25) is 11.8 Å². The molecule has 0 bridgehead atoms. The first-order valence-electron chi connectivity index (χ1n) is 9.21. The molecule has 0 unspecified atom stereocenters. The second-order valence-corrected chi connectivity index (χ2v) is 7.06. The van der Waals surface area contributed by atoms with Crippen molar-refractivity contribution in [3.05, 3.63) is 28.8 Å². The molecule has 2 amide bonds. The molecule has 0 saturated carbocycles. The number of carbonyl (C=O) groups is 2. The molecular formula is C19H29ClN4O2. The number of likely N-dealkylation sites (N-methyl/N-ethyl adjacent to an activating group) is 1. The lowest BCUT2D eigenvalue weighted by Gasteiger charge is -2.34. The zero-order valence-corrected chi connectivity index (χ0v) is 16.7. The van der Waals surface area contributed by atoms with E-state index in [1.54, 1.807) is 0 Å². The summed E-state index contributed by atoms with van der Waals surface area (Å²) in [7, 11) is 0. The predicted molar refractivity (Wildman–Crippen MR) is 106 cm³/mol. The number of rotatable bonds is 7. The molecule has 1 saturated heterocycles. The first-order chi connectivity index (χ1) is 12.4. The Balaban J connectivity index is 1.76. The monoisotopic (exact) mass is 380 g/mol. The molecule has 144 valence electrons. The molecule has 26 heavy (non-hydrogen) atoms. The molecule has 1 N–H and O–H groups in total. The van der Waals surface area contributed by atoms with Crippen LogP contribution in [0.15, 0.2) is 18.2 Å². The highest BCUT2D eigenvalue weighted by molar-refractivity contribution is 6.33. The number of hydrogen-bond acceptors (Lipinski definition) is 4. The summed E-state index contributed by atoms with van der Waals surface area (Å²) in [6, 6.07) is 5.59. The highest BCUT2D eigenvalue weighted by Gasteiger charge is 2.22. The van der Waals surface area contributed by atoms with Crippen LogP contribution in [0.3, 0.4) is 0 Å². The Morgan fingerprint density at radius 2 is 1.65 bits per heavy atom. The van der Waals surface area contributed by atoms with Crippen molar-refractivity contribution in [2.24, 2.45) is 0 Å². The minimum Gasteiger partial charge on any atom is -0.342 e. The quantitative estimate of drug-likeness (QED) is 0.786. The van der Waals surface area contributed by atoms with E-state index in [1.807, 2.05) is 43.9 Å². The molecule has 6 nitrogen and oxygen atoms in total. The Morgan fingerprint density at radius 3 is 2.19 bits per heavy atom. The van der Waals surface area contributed by atoms with E-state index in [0.29, 0.717) is 23.8 Å². The van der Waals surface area contributed by atoms with Crippen LogP contribution >= 0.6 is 11.6 Å². The minimum atomic E-state index is -0.0663. The zero-order valence-electron chi connectivity index (χ0n) is 15.9. The van der Waals surface area contributed by atoms with Crippen LogP contribution in [0.4, 0.5) is 5.69 Å². The topological polar surface area (TPSA) is 55.9 Å². The third-order valence-electron chi connectivity index (χ3n) is 4.71. The first-order valence-corrected chi connectivity index (χ1v) is 9.59. The van der Waals surface area contributed by atoms with Crippen molar-refractivity contribution in [2.75, 3.05) is 57.7 Å². The van der Waals surface area contributed by atoms with Crippen molar-refractivity contribution in [1.82, 2.24) is 14.7 Å². The number of aryl methyl sites for hydroxylation is 1. The van der Waals surface area contributed by atoms with Gasteiger partial charge in [0.05, 0.1) is 23.8 Å². The Kier molecular flexibility index (Phi) is 7.87. The average Bonchev–Trinajstić information content (AvgIpc) is 2.60. The van der Waals surface area contributed by atoms with Crippen LogP contribution in [0.2, 0.25) is 5.02 Å². The molecule has 0 aromatic heterocycles. The fraction of sp³-hybridized carbons (Fsp3) is 0.579. The van der Waals surface area contributed by atoms with Crippen molar-refractivity contribution >= 4 is 29.1 Å². The molecule has 0 aliphatic carbocycles. The Labute approximate surface area is 161 Å². The normalized spacial score (nSPS) is 15.7. The molecule has 0 radical (unpaired) electrons. The van der Waals surface area contributed by atoms with Crippen LogP contribution in [-0.4, -0.2) is 78.9 Å². The zero-order chi connectivity index (χ0) is 19.1. The average molecular weight is 381 g/mol. The van der Waals surface area contributed by atoms with Gasteiger partial charge < -0.3 is 10.2 Å². The number of nitrogens with one attached hydrogen (secondary N) is 1. The molecule has 0 atom stereocenters. The highest BCUT2D eigenvalue weighted by atomic mass is 35.5. The summed E-state index contributed by atoms with van der Waals surface area (Å²) in [5, 5.41) is 3.43. The minimum absolute atomic E-state index is 0.0663. The van der Waals surface area contributed by atoms with E-state index < -0.39 is 0 Å². The molecule has 0 spiro atoms. The third kappa shape index (κ3) is 5.97. The number of hydrogen-bond donors (Lipinski definition) is 1. The van der Waals surface area contributed by atoms with Gasteiger partial charge in [-0.1, -0.05) is 17.7 Å². The van der Waals surface area contributed by atoms with Crippen LogP contribution < -0.4 is 5.32 Å². The molecule has 7 heteroatoms. The van der Waals surface area contributed by atoms with E-state index in [0.717, 1.165) is 44.8 Å². The highest BCUT2D eigenvalue weighted by Crippen LogP contribution is 2.22. The molecule has 2 rings (SSSR count). The van der Waals surface area contributed by atoms with Gasteiger partial charge in [0.1, 0.15) is 0 Å². The van der Waals surface area contributed by atoms with Crippen molar-refractivity contribution in [1.29, 1.82) is 0 Å². The van der Waals surface area contributed by atoms with Gasteiger partial charge in [-0.3, -0.25) is 19.4 Å². The number of amides is 2. The number of halogens is 1. The lowest BCUT2D eigenvalue weighted by molar-refractivity contribution is -0.132. The summed E-state index contributed by atoms with van der Waals surface area (Å²) in [5.74, 6) is 0.110. The summed E-state index contributed by atoms with van der Waals surface area (Å²) in [5.41, 5.74) is 1.70. The van der Waals surface area contributed by atoms with Gasteiger partial charge in [-0.15, -0.1) is 0 Å². The van der Waals surface area contributed by atoms with Crippen LogP contribution in [-0.2, 0) is 9.59 Å². The van der Waals surface area contributed by atoms with E-state index in [4.69, 9.17) is 11.6 Å². The number of benzene rings is 1. The summed E-state index contributed by atoms with van der Waals surface area (Å²) in [6.45, 7) is 11.4. The van der Waals surface area contributed by atoms with E-state index in [1.165, 1.54) is 0 Å². The molecule has 1 aromatic rings. The maximum Gasteiger partial charge on any atom is 0.238 e. The maximum absolute atomic E-state index is 12.3. The molecule has 1 heterocycles. The number of nitrogens with zero attached hydrogens (tertiary/aromatic N) is 3. The van der Waals surface area contributed by atoms with Crippen molar-refractivity contribution < 1.29 is 9.59 Å². The van der Waals surface area contributed by atoms with Gasteiger partial charge >= 0.3 is 0 Å². The maximum atomic E-state index is 12.3. The lowest BCUT2D eigenvalue weighted by Crippen LogP contribution is -2.51. The standard InChI is InChI=1S/C19H29ClN4O2/c1-4-24(5-2)19(26)14-23-10-8-22(9-11-23)13-18(25)21-17-7-6-15(3)12-16(17)20/h6-7,12H,4-5,8-11,13-14H2,1-3H3,(H,21,25). The van der Waals surface area contributed by atoms with E-state index in [2.05, 4.69) is 15.1 Å². The molecule has 1 fully saturated rings. The van der Waals surface area contributed by atoms with Gasteiger partial charge in [0.25, 0.3) is 0 Å². The SMILES string of the molecule is CCN(CC)C(=O)CN1CCN(CC(=O)Nc2ccc(C)cc2Cl)CC1. The van der Waals surface area contributed by atoms with Crippen molar-refractivity contribution in [3.63, 3.8) is 0 Å². The summed E-state index contributed by atoms with van der Waals surface area (Å²) in [4.78, 5) is 30.6. The van der Waals surface area contributed by atoms with E-state index in [9.17, 15) is 9.59 Å². The molecule has 1 aliphatic rings. The van der Waals surface area contributed by atoms with Gasteiger partial charge in [0.15, 0.2) is 0 Å². The van der Waals surface area contributed by atoms with Gasteiger partial charge in [-0.05, 0) is 38.5 Å². The number of piperazine rings is 1. The Morgan fingerprint density at radius 1 is 1.08 bits per heavy atom. The predicted octanol–water partition coefficient (Wildman–Crippen LogP) is 2.07. The third-order valence-corrected chi connectivity index (χ3v) is 5.02. The van der Waals surface area contributed by atoms with Crippen LogP contribution in [0.25, 0.3) is 0 Å². The summed E-state index contributed by atoms with van der Waals surface area (Å²) in [6.07, 6.45) is 0. The fourth-order valence-electron chi connectivity index (χ4n) is 3.09. The Bertz CT molecular complexity index is 626. The fourth-order valence-corrected chi connectivity index (χ4v) is 3.37. The van der Waals surface area contributed by atoms with Crippen LogP contribution in [0.1, 0.15) is 19.4 Å².